The number of nitrogens with zero attached hydrogens (tertiary/aromatic N) is 2. The molecule has 0 bridgehead atoms. The Morgan fingerprint density at radius 3 is 3.15 bits per heavy atom. The Balaban J connectivity index is 1.47. The van der Waals surface area contributed by atoms with Gasteiger partial charge in [-0.1, -0.05) is 25.1 Å². The van der Waals surface area contributed by atoms with Gasteiger partial charge in [0.2, 0.25) is 5.89 Å². The Kier molecular flexibility index (Phi) is 4.51. The van der Waals surface area contributed by atoms with Crippen LogP contribution in [0.3, 0.4) is 0 Å². The largest absolute Gasteiger partial charge is 0.446 e. The number of piperidine rings is 1. The topological polar surface area (TPSA) is 88.1 Å². The van der Waals surface area contributed by atoms with E-state index < -0.39 is 6.04 Å². The average Bonchev–Trinajstić information content (AvgIpc) is 3.29. The summed E-state index contributed by atoms with van der Waals surface area (Å²) in [4.78, 5) is 22.1. The van der Waals surface area contributed by atoms with Crippen LogP contribution in [0.25, 0.3) is 10.9 Å². The number of aromatic amines is 1. The van der Waals surface area contributed by atoms with Crippen LogP contribution in [0, 0.1) is 5.92 Å². The number of oxazole rings is 1. The lowest BCUT2D eigenvalue weighted by atomic mass is 10.0. The fourth-order valence-corrected chi connectivity index (χ4v) is 3.72. The van der Waals surface area contributed by atoms with E-state index in [0.717, 1.165) is 36.0 Å². The number of carbonyl (C=O) groups excluding carboxylic acids is 1. The molecule has 1 aliphatic heterocycles. The summed E-state index contributed by atoms with van der Waals surface area (Å²) in [5.74, 6) is 0.873. The van der Waals surface area contributed by atoms with Crippen molar-refractivity contribution in [1.29, 1.82) is 0 Å². The first kappa shape index (κ1) is 16.8. The summed E-state index contributed by atoms with van der Waals surface area (Å²) in [5.41, 5.74) is 8.84. The molecular weight excluding hydrogens is 328 g/mol. The highest BCUT2D eigenvalue weighted by Gasteiger charge is 2.25. The number of amides is 1. The van der Waals surface area contributed by atoms with Crippen molar-refractivity contribution < 1.29 is 9.21 Å². The van der Waals surface area contributed by atoms with Crippen molar-refractivity contribution in [3.63, 3.8) is 0 Å². The van der Waals surface area contributed by atoms with Crippen molar-refractivity contribution in [2.24, 2.45) is 11.7 Å². The zero-order valence-corrected chi connectivity index (χ0v) is 14.9. The van der Waals surface area contributed by atoms with Crippen LogP contribution in [0.5, 0.6) is 0 Å². The van der Waals surface area contributed by atoms with Crippen LogP contribution in [0.2, 0.25) is 0 Å². The lowest BCUT2D eigenvalue weighted by Crippen LogP contribution is -2.39. The summed E-state index contributed by atoms with van der Waals surface area (Å²) in [5, 5.41) is 1.15. The van der Waals surface area contributed by atoms with Crippen LogP contribution < -0.4 is 5.73 Å². The molecule has 1 amide bonds. The predicted molar refractivity (Wildman–Crippen MR) is 99.7 cm³/mol. The summed E-state index contributed by atoms with van der Waals surface area (Å²) in [6.45, 7) is 3.74. The third-order valence-corrected chi connectivity index (χ3v) is 5.12. The van der Waals surface area contributed by atoms with E-state index in [9.17, 15) is 4.79 Å². The van der Waals surface area contributed by atoms with Crippen molar-refractivity contribution in [2.45, 2.75) is 32.2 Å². The molecule has 2 aromatic heterocycles. The smallest absolute Gasteiger partial charge is 0.275 e. The number of benzene rings is 1. The molecule has 0 saturated carbocycles. The Hall–Kier alpha value is -2.60. The maximum Gasteiger partial charge on any atom is 0.275 e. The van der Waals surface area contributed by atoms with E-state index in [0.29, 0.717) is 23.9 Å². The van der Waals surface area contributed by atoms with Gasteiger partial charge < -0.3 is 20.0 Å². The Labute approximate surface area is 152 Å². The van der Waals surface area contributed by atoms with Gasteiger partial charge in [0, 0.05) is 30.2 Å². The van der Waals surface area contributed by atoms with Crippen LogP contribution in [0.1, 0.15) is 47.7 Å². The van der Waals surface area contributed by atoms with Crippen molar-refractivity contribution >= 4 is 16.8 Å². The number of likely N-dealkylation sites (tertiary alicyclic amines) is 1. The summed E-state index contributed by atoms with van der Waals surface area (Å²) in [7, 11) is 0. The van der Waals surface area contributed by atoms with Crippen molar-refractivity contribution in [3.8, 4) is 0 Å². The first-order chi connectivity index (χ1) is 12.6. The second-order valence-electron chi connectivity index (χ2n) is 7.24. The number of H-pyrrole nitrogens is 1. The number of hydrogen-bond acceptors (Lipinski definition) is 4. The molecule has 2 unspecified atom stereocenters. The molecular formula is C20H24N4O2. The third kappa shape index (κ3) is 3.24. The van der Waals surface area contributed by atoms with Gasteiger partial charge in [0.15, 0.2) is 5.69 Å². The molecule has 1 aliphatic rings. The van der Waals surface area contributed by atoms with E-state index in [1.54, 1.807) is 0 Å². The highest BCUT2D eigenvalue weighted by atomic mass is 16.3. The van der Waals surface area contributed by atoms with Crippen LogP contribution in [-0.4, -0.2) is 33.9 Å². The highest BCUT2D eigenvalue weighted by molar-refractivity contribution is 5.92. The van der Waals surface area contributed by atoms with Gasteiger partial charge in [0.25, 0.3) is 5.91 Å². The maximum atomic E-state index is 12.6. The average molecular weight is 352 g/mol. The number of rotatable bonds is 4. The molecule has 0 spiro atoms. The minimum absolute atomic E-state index is 0.0640. The standard InChI is InChI=1S/C20H24N4O2/c1-13-5-4-8-24(11-13)20(25)18-12-26-19(23-18)16(21)9-14-10-22-17-7-3-2-6-15(14)17/h2-3,6-7,10,12-13,16,22H,4-5,8-9,11,21H2,1H3. The van der Waals surface area contributed by atoms with E-state index in [4.69, 9.17) is 10.2 Å². The third-order valence-electron chi connectivity index (χ3n) is 5.12. The molecule has 3 aromatic rings. The maximum absolute atomic E-state index is 12.6. The highest BCUT2D eigenvalue weighted by Crippen LogP contribution is 2.24. The fourth-order valence-electron chi connectivity index (χ4n) is 3.72. The monoisotopic (exact) mass is 352 g/mol. The van der Waals surface area contributed by atoms with Crippen LogP contribution >= 0.6 is 0 Å². The molecule has 1 fully saturated rings. The van der Waals surface area contributed by atoms with E-state index in [1.165, 1.54) is 12.7 Å². The molecule has 0 radical (unpaired) electrons. The molecule has 136 valence electrons. The second-order valence-corrected chi connectivity index (χ2v) is 7.24. The molecule has 2 atom stereocenters. The minimum atomic E-state index is -0.393. The molecule has 3 heterocycles. The normalized spacial score (nSPS) is 19.0. The van der Waals surface area contributed by atoms with Crippen LogP contribution in [-0.2, 0) is 6.42 Å². The van der Waals surface area contributed by atoms with Gasteiger partial charge in [0.05, 0.1) is 6.04 Å². The van der Waals surface area contributed by atoms with Gasteiger partial charge in [0.1, 0.15) is 6.26 Å². The van der Waals surface area contributed by atoms with E-state index in [-0.39, 0.29) is 5.91 Å². The predicted octanol–water partition coefficient (Wildman–Crippen LogP) is 3.27. The number of nitrogens with two attached hydrogens (primary N) is 1. The number of aromatic nitrogens is 2. The van der Waals surface area contributed by atoms with Gasteiger partial charge in [-0.2, -0.15) is 0 Å². The Morgan fingerprint density at radius 2 is 2.31 bits per heavy atom. The second kappa shape index (κ2) is 6.96. The Bertz CT molecular complexity index is 913. The van der Waals surface area contributed by atoms with E-state index in [1.807, 2.05) is 29.3 Å². The van der Waals surface area contributed by atoms with Crippen molar-refractivity contribution in [3.05, 3.63) is 53.9 Å². The van der Waals surface area contributed by atoms with Crippen molar-refractivity contribution in [2.75, 3.05) is 13.1 Å². The Morgan fingerprint density at radius 1 is 1.46 bits per heavy atom. The molecule has 3 N–H and O–H groups in total. The number of carbonyl (C=O) groups is 1. The van der Waals surface area contributed by atoms with Crippen LogP contribution in [0.4, 0.5) is 0 Å². The lowest BCUT2D eigenvalue weighted by Gasteiger charge is -2.30. The van der Waals surface area contributed by atoms with Crippen LogP contribution in [0.15, 0.2) is 41.1 Å². The van der Waals surface area contributed by atoms with Gasteiger partial charge in [-0.15, -0.1) is 0 Å². The van der Waals surface area contributed by atoms with Gasteiger partial charge in [-0.3, -0.25) is 4.79 Å². The summed E-state index contributed by atoms with van der Waals surface area (Å²) in [6, 6.07) is 7.71. The van der Waals surface area contributed by atoms with Gasteiger partial charge in [-0.25, -0.2) is 4.98 Å². The zero-order chi connectivity index (χ0) is 18.1. The summed E-state index contributed by atoms with van der Waals surface area (Å²) < 4.78 is 5.53. The number of para-hydroxylation sites is 1. The fraction of sp³-hybridized carbons (Fsp3) is 0.400. The molecule has 1 aromatic carbocycles. The molecule has 0 aliphatic carbocycles. The van der Waals surface area contributed by atoms with Crippen molar-refractivity contribution in [1.82, 2.24) is 14.9 Å². The molecule has 4 rings (SSSR count). The van der Waals surface area contributed by atoms with E-state index in [2.05, 4.69) is 23.0 Å². The first-order valence-electron chi connectivity index (χ1n) is 9.17. The summed E-state index contributed by atoms with van der Waals surface area (Å²) in [6.07, 6.45) is 6.21. The van der Waals surface area contributed by atoms with Gasteiger partial charge >= 0.3 is 0 Å². The molecule has 1 saturated heterocycles. The molecule has 6 nitrogen and oxygen atoms in total. The SMILES string of the molecule is CC1CCCN(C(=O)c2coc(C(N)Cc3c[nH]c4ccccc34)n2)C1. The number of nitrogens with one attached hydrogen (secondary N) is 1. The quantitative estimate of drug-likeness (QED) is 0.754. The lowest BCUT2D eigenvalue weighted by molar-refractivity contribution is 0.0677. The molecule has 26 heavy (non-hydrogen) atoms. The number of hydrogen-bond donors (Lipinski definition) is 2. The minimum Gasteiger partial charge on any atom is -0.446 e. The zero-order valence-electron chi connectivity index (χ0n) is 14.9. The summed E-state index contributed by atoms with van der Waals surface area (Å²) >= 11 is 0. The van der Waals surface area contributed by atoms with E-state index >= 15 is 0 Å². The first-order valence-corrected chi connectivity index (χ1v) is 9.17. The van der Waals surface area contributed by atoms with Gasteiger partial charge in [-0.05, 0) is 36.8 Å². The molecule has 6 heteroatoms. The number of fused-ring (bicyclic) bond motifs is 1.